The van der Waals surface area contributed by atoms with E-state index in [1.807, 2.05) is 30.3 Å². The molecule has 2 aromatic carbocycles. The molecule has 17 heavy (non-hydrogen) atoms. The highest BCUT2D eigenvalue weighted by atomic mass is 35.5. The third kappa shape index (κ3) is 3.79. The van der Waals surface area contributed by atoms with Crippen molar-refractivity contribution < 1.29 is 0 Å². The van der Waals surface area contributed by atoms with Crippen LogP contribution in [0.3, 0.4) is 0 Å². The molecular formula is C15H16ClN. The molecule has 0 amide bonds. The molecule has 0 aliphatic carbocycles. The van der Waals surface area contributed by atoms with Crippen LogP contribution in [-0.4, -0.2) is 6.04 Å². The highest BCUT2D eigenvalue weighted by Gasteiger charge is 2.03. The Bertz CT molecular complexity index is 450. The third-order valence-electron chi connectivity index (χ3n) is 2.64. The van der Waals surface area contributed by atoms with E-state index in [0.717, 1.165) is 17.1 Å². The Hall–Kier alpha value is -1.47. The van der Waals surface area contributed by atoms with Crippen LogP contribution < -0.4 is 5.32 Å². The molecule has 0 saturated carbocycles. The zero-order valence-electron chi connectivity index (χ0n) is 9.86. The van der Waals surface area contributed by atoms with E-state index >= 15 is 0 Å². The van der Waals surface area contributed by atoms with E-state index < -0.39 is 0 Å². The molecule has 88 valence electrons. The summed E-state index contributed by atoms with van der Waals surface area (Å²) in [5.41, 5.74) is 2.46. The van der Waals surface area contributed by atoms with Crippen molar-refractivity contribution in [2.45, 2.75) is 19.4 Å². The van der Waals surface area contributed by atoms with E-state index in [1.165, 1.54) is 5.56 Å². The Morgan fingerprint density at radius 2 is 1.65 bits per heavy atom. The van der Waals surface area contributed by atoms with Gasteiger partial charge < -0.3 is 5.32 Å². The minimum absolute atomic E-state index is 0.401. The Morgan fingerprint density at radius 1 is 1.00 bits per heavy atom. The van der Waals surface area contributed by atoms with Gasteiger partial charge in [-0.3, -0.25) is 0 Å². The fourth-order valence-electron chi connectivity index (χ4n) is 1.85. The van der Waals surface area contributed by atoms with Gasteiger partial charge in [-0.05, 0) is 43.2 Å². The van der Waals surface area contributed by atoms with Gasteiger partial charge in [0.2, 0.25) is 0 Å². The summed E-state index contributed by atoms with van der Waals surface area (Å²) < 4.78 is 0. The Kier molecular flexibility index (Phi) is 4.05. The molecule has 1 unspecified atom stereocenters. The summed E-state index contributed by atoms with van der Waals surface area (Å²) in [5.74, 6) is 0. The third-order valence-corrected chi connectivity index (χ3v) is 2.89. The molecule has 0 saturated heterocycles. The van der Waals surface area contributed by atoms with Gasteiger partial charge in [0, 0.05) is 16.8 Å². The predicted molar refractivity (Wildman–Crippen MR) is 74.7 cm³/mol. The number of benzene rings is 2. The van der Waals surface area contributed by atoms with Crippen LogP contribution in [0.2, 0.25) is 5.02 Å². The van der Waals surface area contributed by atoms with Crippen molar-refractivity contribution in [3.63, 3.8) is 0 Å². The lowest BCUT2D eigenvalue weighted by Gasteiger charge is -2.15. The summed E-state index contributed by atoms with van der Waals surface area (Å²) in [4.78, 5) is 0. The molecule has 0 aromatic heterocycles. The highest BCUT2D eigenvalue weighted by Crippen LogP contribution is 2.15. The summed E-state index contributed by atoms with van der Waals surface area (Å²) >= 11 is 5.85. The second kappa shape index (κ2) is 5.74. The molecule has 2 aromatic rings. The second-order valence-corrected chi connectivity index (χ2v) is 4.68. The van der Waals surface area contributed by atoms with E-state index in [4.69, 9.17) is 11.6 Å². The molecular weight excluding hydrogens is 230 g/mol. The average Bonchev–Trinajstić information content (AvgIpc) is 2.33. The van der Waals surface area contributed by atoms with E-state index in [1.54, 1.807) is 0 Å². The molecule has 2 heteroatoms. The van der Waals surface area contributed by atoms with E-state index in [-0.39, 0.29) is 0 Å². The maximum Gasteiger partial charge on any atom is 0.0407 e. The molecule has 0 aliphatic heterocycles. The number of hydrogen-bond acceptors (Lipinski definition) is 1. The summed E-state index contributed by atoms with van der Waals surface area (Å²) in [6.45, 7) is 2.18. The fourth-order valence-corrected chi connectivity index (χ4v) is 1.98. The number of hydrogen-bond donors (Lipinski definition) is 1. The van der Waals surface area contributed by atoms with Gasteiger partial charge in [-0.25, -0.2) is 0 Å². The van der Waals surface area contributed by atoms with Gasteiger partial charge in [-0.15, -0.1) is 0 Å². The average molecular weight is 246 g/mol. The van der Waals surface area contributed by atoms with Crippen molar-refractivity contribution >= 4 is 17.3 Å². The molecule has 0 radical (unpaired) electrons. The monoisotopic (exact) mass is 245 g/mol. The maximum absolute atomic E-state index is 5.85. The van der Waals surface area contributed by atoms with Crippen molar-refractivity contribution in [1.82, 2.24) is 0 Å². The Balaban J connectivity index is 1.93. The van der Waals surface area contributed by atoms with Gasteiger partial charge in [0.1, 0.15) is 0 Å². The molecule has 0 bridgehead atoms. The number of halogens is 1. The molecule has 2 rings (SSSR count). The van der Waals surface area contributed by atoms with Crippen molar-refractivity contribution in [2.24, 2.45) is 0 Å². The normalized spacial score (nSPS) is 12.1. The number of anilines is 1. The molecule has 1 nitrogen and oxygen atoms in total. The van der Waals surface area contributed by atoms with Gasteiger partial charge >= 0.3 is 0 Å². The summed E-state index contributed by atoms with van der Waals surface area (Å²) in [6, 6.07) is 18.7. The zero-order valence-corrected chi connectivity index (χ0v) is 10.6. The quantitative estimate of drug-likeness (QED) is 0.843. The molecule has 0 spiro atoms. The van der Waals surface area contributed by atoms with E-state index in [0.29, 0.717) is 6.04 Å². The highest BCUT2D eigenvalue weighted by molar-refractivity contribution is 6.30. The summed E-state index contributed by atoms with van der Waals surface area (Å²) in [5, 5.41) is 4.23. The zero-order chi connectivity index (χ0) is 12.1. The van der Waals surface area contributed by atoms with Gasteiger partial charge in [0.25, 0.3) is 0 Å². The van der Waals surface area contributed by atoms with Crippen LogP contribution in [0.1, 0.15) is 12.5 Å². The molecule has 0 fully saturated rings. The fraction of sp³-hybridized carbons (Fsp3) is 0.200. The van der Waals surface area contributed by atoms with Crippen LogP contribution in [0.5, 0.6) is 0 Å². The smallest absolute Gasteiger partial charge is 0.0407 e. The Labute approximate surface area is 107 Å². The van der Waals surface area contributed by atoms with Crippen LogP contribution >= 0.6 is 11.6 Å². The van der Waals surface area contributed by atoms with Gasteiger partial charge in [-0.1, -0.05) is 41.9 Å². The largest absolute Gasteiger partial charge is 0.382 e. The number of rotatable bonds is 4. The van der Waals surface area contributed by atoms with Gasteiger partial charge in [0.15, 0.2) is 0 Å². The van der Waals surface area contributed by atoms with E-state index in [2.05, 4.69) is 36.5 Å². The summed E-state index contributed by atoms with van der Waals surface area (Å²) in [7, 11) is 0. The first kappa shape index (κ1) is 12.0. The van der Waals surface area contributed by atoms with Crippen LogP contribution in [0.25, 0.3) is 0 Å². The van der Waals surface area contributed by atoms with Crippen LogP contribution in [0.15, 0.2) is 54.6 Å². The summed E-state index contributed by atoms with van der Waals surface area (Å²) in [6.07, 6.45) is 1.02. The first-order valence-electron chi connectivity index (χ1n) is 5.80. The van der Waals surface area contributed by atoms with Crippen LogP contribution in [0, 0.1) is 0 Å². The molecule has 1 atom stereocenters. The Morgan fingerprint density at radius 3 is 2.29 bits per heavy atom. The molecule has 1 N–H and O–H groups in total. The van der Waals surface area contributed by atoms with Crippen LogP contribution in [-0.2, 0) is 6.42 Å². The van der Waals surface area contributed by atoms with Crippen molar-refractivity contribution in [1.29, 1.82) is 0 Å². The minimum atomic E-state index is 0.401. The lowest BCUT2D eigenvalue weighted by Crippen LogP contribution is -2.17. The minimum Gasteiger partial charge on any atom is -0.382 e. The van der Waals surface area contributed by atoms with Crippen molar-refractivity contribution in [3.05, 3.63) is 65.2 Å². The van der Waals surface area contributed by atoms with Gasteiger partial charge in [0.05, 0.1) is 0 Å². The number of nitrogens with one attached hydrogen (secondary N) is 1. The lowest BCUT2D eigenvalue weighted by molar-refractivity contribution is 0.790. The first-order chi connectivity index (χ1) is 8.24. The van der Waals surface area contributed by atoms with Crippen LogP contribution in [0.4, 0.5) is 5.69 Å². The second-order valence-electron chi connectivity index (χ2n) is 4.24. The molecule has 0 heterocycles. The van der Waals surface area contributed by atoms with E-state index in [9.17, 15) is 0 Å². The standard InChI is InChI=1S/C15H16ClN/c1-12(11-13-5-3-2-4-6-13)17-15-9-7-14(16)8-10-15/h2-10,12,17H,11H2,1H3. The predicted octanol–water partition coefficient (Wildman–Crippen LogP) is 4.38. The van der Waals surface area contributed by atoms with Crippen molar-refractivity contribution in [2.75, 3.05) is 5.32 Å². The topological polar surface area (TPSA) is 12.0 Å². The lowest BCUT2D eigenvalue weighted by atomic mass is 10.1. The van der Waals surface area contributed by atoms with Crippen molar-refractivity contribution in [3.8, 4) is 0 Å². The first-order valence-corrected chi connectivity index (χ1v) is 6.18. The SMILES string of the molecule is CC(Cc1ccccc1)Nc1ccc(Cl)cc1. The maximum atomic E-state index is 5.85. The molecule has 0 aliphatic rings. The van der Waals surface area contributed by atoms with Gasteiger partial charge in [-0.2, -0.15) is 0 Å².